The number of carboxylic acids is 1. The quantitative estimate of drug-likeness (QED) is 0.837. The van der Waals surface area contributed by atoms with Crippen LogP contribution < -0.4 is 0 Å². The number of imidazole rings is 1. The second-order valence-electron chi connectivity index (χ2n) is 3.50. The standard InChI is InChI=1S/C10H7F3N2O2/c1-15-7-4-5(10(11,12)13)2-3-6(7)14-8(15)9(16)17/h2-4H,1H3,(H,16,17). The number of alkyl halides is 3. The Morgan fingerprint density at radius 2 is 2.06 bits per heavy atom. The molecule has 2 rings (SSSR count). The van der Waals surface area contributed by atoms with Crippen molar-refractivity contribution >= 4 is 17.0 Å². The molecule has 1 aromatic carbocycles. The summed E-state index contributed by atoms with van der Waals surface area (Å²) in [7, 11) is 1.36. The molecule has 17 heavy (non-hydrogen) atoms. The number of aromatic nitrogens is 2. The normalized spacial score (nSPS) is 12.0. The van der Waals surface area contributed by atoms with Crippen molar-refractivity contribution in [1.82, 2.24) is 9.55 Å². The SMILES string of the molecule is Cn1c(C(=O)O)nc2ccc(C(F)(F)F)cc21. The van der Waals surface area contributed by atoms with Crippen molar-refractivity contribution in [3.05, 3.63) is 29.6 Å². The summed E-state index contributed by atoms with van der Waals surface area (Å²) in [5.41, 5.74) is -0.472. The smallest absolute Gasteiger partial charge is 0.416 e. The van der Waals surface area contributed by atoms with Gasteiger partial charge in [0.2, 0.25) is 5.82 Å². The summed E-state index contributed by atoms with van der Waals surface area (Å²) in [5.74, 6) is -1.57. The van der Waals surface area contributed by atoms with Gasteiger partial charge in [-0.25, -0.2) is 9.78 Å². The highest BCUT2D eigenvalue weighted by atomic mass is 19.4. The number of hydrogen-bond acceptors (Lipinski definition) is 2. The summed E-state index contributed by atoms with van der Waals surface area (Å²) in [6.07, 6.45) is -4.46. The number of carbonyl (C=O) groups is 1. The Balaban J connectivity index is 2.70. The molecule has 0 bridgehead atoms. The van der Waals surface area contributed by atoms with E-state index in [0.717, 1.165) is 22.8 Å². The Hall–Kier alpha value is -2.05. The number of rotatable bonds is 1. The lowest BCUT2D eigenvalue weighted by molar-refractivity contribution is -0.137. The summed E-state index contributed by atoms with van der Waals surface area (Å²) >= 11 is 0. The fourth-order valence-corrected chi connectivity index (χ4v) is 1.56. The first-order chi connectivity index (χ1) is 7.80. The maximum absolute atomic E-state index is 12.5. The van der Waals surface area contributed by atoms with Gasteiger partial charge in [0.1, 0.15) is 0 Å². The lowest BCUT2D eigenvalue weighted by Crippen LogP contribution is -2.06. The molecule has 4 nitrogen and oxygen atoms in total. The van der Waals surface area contributed by atoms with Crippen molar-refractivity contribution in [1.29, 1.82) is 0 Å². The zero-order chi connectivity index (χ0) is 12.8. The first-order valence-corrected chi connectivity index (χ1v) is 4.57. The van der Waals surface area contributed by atoms with Gasteiger partial charge >= 0.3 is 12.1 Å². The van der Waals surface area contributed by atoms with E-state index in [1.54, 1.807) is 0 Å². The van der Waals surface area contributed by atoms with Crippen molar-refractivity contribution in [3.8, 4) is 0 Å². The molecule has 1 aromatic heterocycles. The number of aromatic carboxylic acids is 1. The molecule has 0 spiro atoms. The van der Waals surface area contributed by atoms with E-state index in [2.05, 4.69) is 4.98 Å². The highest BCUT2D eigenvalue weighted by molar-refractivity contribution is 5.89. The largest absolute Gasteiger partial charge is 0.475 e. The summed E-state index contributed by atoms with van der Waals surface area (Å²) in [5, 5.41) is 8.79. The van der Waals surface area contributed by atoms with Crippen LogP contribution in [0.1, 0.15) is 16.2 Å². The Morgan fingerprint density at radius 1 is 1.41 bits per heavy atom. The molecule has 2 aromatic rings. The molecule has 0 amide bonds. The van der Waals surface area contributed by atoms with Gasteiger partial charge in [0.25, 0.3) is 0 Å². The molecule has 0 aliphatic rings. The van der Waals surface area contributed by atoms with Gasteiger partial charge in [-0.2, -0.15) is 13.2 Å². The number of nitrogens with zero attached hydrogens (tertiary/aromatic N) is 2. The Morgan fingerprint density at radius 3 is 2.59 bits per heavy atom. The maximum atomic E-state index is 12.5. The van der Waals surface area contributed by atoms with E-state index in [4.69, 9.17) is 5.11 Å². The first kappa shape index (κ1) is 11.4. The molecule has 90 valence electrons. The Kier molecular flexibility index (Phi) is 2.34. The van der Waals surface area contributed by atoms with E-state index in [9.17, 15) is 18.0 Å². The van der Waals surface area contributed by atoms with Crippen LogP contribution in [0.4, 0.5) is 13.2 Å². The molecule has 0 atom stereocenters. The van der Waals surface area contributed by atoms with E-state index >= 15 is 0 Å². The molecule has 0 saturated carbocycles. The van der Waals surface area contributed by atoms with Gasteiger partial charge in [0, 0.05) is 7.05 Å². The average molecular weight is 244 g/mol. The van der Waals surface area contributed by atoms with Crippen LogP contribution in [0.3, 0.4) is 0 Å². The van der Waals surface area contributed by atoms with Gasteiger partial charge in [0.05, 0.1) is 16.6 Å². The second-order valence-corrected chi connectivity index (χ2v) is 3.50. The Labute approximate surface area is 93.3 Å². The van der Waals surface area contributed by atoms with Crippen LogP contribution >= 0.6 is 0 Å². The number of fused-ring (bicyclic) bond motifs is 1. The van der Waals surface area contributed by atoms with Gasteiger partial charge in [-0.15, -0.1) is 0 Å². The maximum Gasteiger partial charge on any atom is 0.416 e. The molecular formula is C10H7F3N2O2. The molecule has 1 N–H and O–H groups in total. The Bertz CT molecular complexity index is 601. The fourth-order valence-electron chi connectivity index (χ4n) is 1.56. The fraction of sp³-hybridized carbons (Fsp3) is 0.200. The minimum absolute atomic E-state index is 0.136. The number of aryl methyl sites for hydroxylation is 1. The molecule has 1 heterocycles. The monoisotopic (exact) mass is 244 g/mol. The third-order valence-electron chi connectivity index (χ3n) is 2.40. The molecule has 0 aliphatic heterocycles. The van der Waals surface area contributed by atoms with Crippen molar-refractivity contribution < 1.29 is 23.1 Å². The summed E-state index contributed by atoms with van der Waals surface area (Å²) < 4.78 is 38.5. The first-order valence-electron chi connectivity index (χ1n) is 4.57. The lowest BCUT2D eigenvalue weighted by atomic mass is 10.2. The van der Waals surface area contributed by atoms with Gasteiger partial charge in [-0.1, -0.05) is 0 Å². The molecule has 7 heteroatoms. The van der Waals surface area contributed by atoms with Crippen molar-refractivity contribution in [2.24, 2.45) is 7.05 Å². The predicted molar refractivity (Wildman–Crippen MR) is 52.7 cm³/mol. The molecule has 0 radical (unpaired) electrons. The van der Waals surface area contributed by atoms with Gasteiger partial charge < -0.3 is 9.67 Å². The van der Waals surface area contributed by atoms with Crippen LogP contribution in [0.2, 0.25) is 0 Å². The third-order valence-corrected chi connectivity index (χ3v) is 2.40. The summed E-state index contributed by atoms with van der Waals surface area (Å²) in [6, 6.07) is 2.92. The highest BCUT2D eigenvalue weighted by Crippen LogP contribution is 2.31. The van der Waals surface area contributed by atoms with Crippen molar-refractivity contribution in [3.63, 3.8) is 0 Å². The van der Waals surface area contributed by atoms with E-state index < -0.39 is 17.7 Å². The van der Waals surface area contributed by atoms with Gasteiger partial charge in [-0.3, -0.25) is 0 Å². The molecule has 0 fully saturated rings. The lowest BCUT2D eigenvalue weighted by Gasteiger charge is -2.06. The number of halogens is 3. The van der Waals surface area contributed by atoms with Crippen molar-refractivity contribution in [2.75, 3.05) is 0 Å². The average Bonchev–Trinajstić information content (AvgIpc) is 2.54. The minimum atomic E-state index is -4.46. The number of benzene rings is 1. The number of hydrogen-bond donors (Lipinski definition) is 1. The van der Waals surface area contributed by atoms with Crippen LogP contribution in [0.25, 0.3) is 11.0 Å². The van der Waals surface area contributed by atoms with E-state index in [0.29, 0.717) is 0 Å². The predicted octanol–water partition coefficient (Wildman–Crippen LogP) is 2.29. The number of carboxylic acid groups (broad SMARTS) is 1. The zero-order valence-electron chi connectivity index (χ0n) is 8.62. The zero-order valence-corrected chi connectivity index (χ0v) is 8.62. The van der Waals surface area contributed by atoms with Gasteiger partial charge in [0.15, 0.2) is 0 Å². The molecule has 0 saturated heterocycles. The molecule has 0 aliphatic carbocycles. The van der Waals surface area contributed by atoms with E-state index in [-0.39, 0.29) is 16.9 Å². The molecule has 0 unspecified atom stereocenters. The van der Waals surface area contributed by atoms with Crippen LogP contribution in [-0.4, -0.2) is 20.6 Å². The van der Waals surface area contributed by atoms with E-state index in [1.807, 2.05) is 0 Å². The summed E-state index contributed by atoms with van der Waals surface area (Å²) in [6.45, 7) is 0. The second kappa shape index (κ2) is 3.47. The van der Waals surface area contributed by atoms with Crippen molar-refractivity contribution in [2.45, 2.75) is 6.18 Å². The highest BCUT2D eigenvalue weighted by Gasteiger charge is 2.31. The van der Waals surface area contributed by atoms with E-state index in [1.165, 1.54) is 7.05 Å². The van der Waals surface area contributed by atoms with Crippen LogP contribution in [-0.2, 0) is 13.2 Å². The van der Waals surface area contributed by atoms with Gasteiger partial charge in [-0.05, 0) is 18.2 Å². The van der Waals surface area contributed by atoms with Crippen LogP contribution in [0, 0.1) is 0 Å². The van der Waals surface area contributed by atoms with Crippen LogP contribution in [0.5, 0.6) is 0 Å². The minimum Gasteiger partial charge on any atom is -0.475 e. The topological polar surface area (TPSA) is 55.1 Å². The summed E-state index contributed by atoms with van der Waals surface area (Å²) in [4.78, 5) is 14.5. The third kappa shape index (κ3) is 1.83. The van der Waals surface area contributed by atoms with Crippen LogP contribution in [0.15, 0.2) is 18.2 Å². The molecular weight excluding hydrogens is 237 g/mol.